The Kier molecular flexibility index (Phi) is 6.15. The molecule has 130 valence electrons. The van der Waals surface area contributed by atoms with Gasteiger partial charge in [0.2, 0.25) is 10.0 Å². The standard InChI is InChI=1S/C19H25NO3S/c1-3-14-24(22,23)20-15-19(2,21)18(16-10-6-4-7-11-16)17-12-8-5-9-13-17/h4-13,18,20-21H,3,14-15H2,1-2H3/t19-/m1/s1. The summed E-state index contributed by atoms with van der Waals surface area (Å²) in [6.07, 6.45) is 0.540. The van der Waals surface area contributed by atoms with Crippen LogP contribution in [0.25, 0.3) is 0 Å². The van der Waals surface area contributed by atoms with Gasteiger partial charge in [-0.05, 0) is 24.5 Å². The van der Waals surface area contributed by atoms with E-state index in [1.54, 1.807) is 6.92 Å². The van der Waals surface area contributed by atoms with E-state index in [2.05, 4.69) is 4.72 Å². The lowest BCUT2D eigenvalue weighted by Crippen LogP contribution is -2.45. The third-order valence-corrected chi connectivity index (χ3v) is 5.54. The van der Waals surface area contributed by atoms with Crippen LogP contribution < -0.4 is 4.72 Å². The van der Waals surface area contributed by atoms with Gasteiger partial charge in [-0.1, -0.05) is 67.6 Å². The van der Waals surface area contributed by atoms with Crippen LogP contribution in [0.3, 0.4) is 0 Å². The maximum Gasteiger partial charge on any atom is 0.211 e. The molecule has 0 saturated heterocycles. The molecule has 0 radical (unpaired) electrons. The Morgan fingerprint density at radius 3 is 1.88 bits per heavy atom. The fraction of sp³-hybridized carbons (Fsp3) is 0.368. The van der Waals surface area contributed by atoms with Gasteiger partial charge in [0.05, 0.1) is 11.4 Å². The molecular weight excluding hydrogens is 322 g/mol. The molecule has 0 fully saturated rings. The van der Waals surface area contributed by atoms with Crippen molar-refractivity contribution in [1.82, 2.24) is 4.72 Å². The minimum absolute atomic E-state index is 0.0379. The molecule has 0 heterocycles. The van der Waals surface area contributed by atoms with Crippen LogP contribution in [-0.2, 0) is 10.0 Å². The first-order valence-corrected chi connectivity index (χ1v) is 9.80. The monoisotopic (exact) mass is 347 g/mol. The molecule has 0 aliphatic heterocycles. The molecule has 0 saturated carbocycles. The molecule has 1 atom stereocenters. The molecule has 5 heteroatoms. The van der Waals surface area contributed by atoms with Gasteiger partial charge in [0, 0.05) is 12.5 Å². The summed E-state index contributed by atoms with van der Waals surface area (Å²) >= 11 is 0. The van der Waals surface area contributed by atoms with Gasteiger partial charge < -0.3 is 5.11 Å². The minimum atomic E-state index is -3.37. The molecule has 0 aliphatic rings. The van der Waals surface area contributed by atoms with Crippen LogP contribution in [0, 0.1) is 0 Å². The van der Waals surface area contributed by atoms with Crippen LogP contribution in [-0.4, -0.2) is 31.4 Å². The second-order valence-corrected chi connectivity index (χ2v) is 8.18. The van der Waals surface area contributed by atoms with Gasteiger partial charge in [-0.3, -0.25) is 0 Å². The average Bonchev–Trinajstić information content (AvgIpc) is 2.55. The van der Waals surface area contributed by atoms with E-state index < -0.39 is 15.6 Å². The Labute approximate surface area is 144 Å². The van der Waals surface area contributed by atoms with Gasteiger partial charge in [-0.2, -0.15) is 0 Å². The molecule has 0 unspecified atom stereocenters. The van der Waals surface area contributed by atoms with Gasteiger partial charge in [0.1, 0.15) is 0 Å². The van der Waals surface area contributed by atoms with Crippen molar-refractivity contribution in [2.45, 2.75) is 31.8 Å². The Morgan fingerprint density at radius 2 is 1.46 bits per heavy atom. The molecule has 4 nitrogen and oxygen atoms in total. The zero-order valence-electron chi connectivity index (χ0n) is 14.1. The highest BCUT2D eigenvalue weighted by atomic mass is 32.2. The van der Waals surface area contributed by atoms with E-state index in [1.165, 1.54) is 0 Å². The molecule has 2 aromatic rings. The van der Waals surface area contributed by atoms with Crippen LogP contribution in [0.1, 0.15) is 37.3 Å². The van der Waals surface area contributed by atoms with Crippen molar-refractivity contribution >= 4 is 10.0 Å². The molecule has 2 aromatic carbocycles. The third-order valence-electron chi connectivity index (χ3n) is 4.01. The second kappa shape index (κ2) is 7.92. The zero-order chi connectivity index (χ0) is 17.6. The second-order valence-electron chi connectivity index (χ2n) is 6.25. The predicted octanol–water partition coefficient (Wildman–Crippen LogP) is 2.90. The first-order valence-electron chi connectivity index (χ1n) is 8.15. The summed E-state index contributed by atoms with van der Waals surface area (Å²) in [6, 6.07) is 19.3. The maximum absolute atomic E-state index is 12.0. The van der Waals surface area contributed by atoms with Crippen molar-refractivity contribution in [3.05, 3.63) is 71.8 Å². The highest BCUT2D eigenvalue weighted by Crippen LogP contribution is 2.34. The van der Waals surface area contributed by atoms with Gasteiger partial charge in [-0.25, -0.2) is 13.1 Å². The van der Waals surface area contributed by atoms with Crippen molar-refractivity contribution in [3.8, 4) is 0 Å². The first kappa shape index (κ1) is 18.6. The summed E-state index contributed by atoms with van der Waals surface area (Å²) in [5.41, 5.74) is 0.635. The van der Waals surface area contributed by atoms with E-state index in [1.807, 2.05) is 67.6 Å². The van der Waals surface area contributed by atoms with E-state index in [0.717, 1.165) is 11.1 Å². The minimum Gasteiger partial charge on any atom is -0.388 e. The van der Waals surface area contributed by atoms with Crippen LogP contribution in [0.4, 0.5) is 0 Å². The quantitative estimate of drug-likeness (QED) is 0.772. The first-order chi connectivity index (χ1) is 11.4. The molecule has 0 aromatic heterocycles. The number of hydrogen-bond donors (Lipinski definition) is 2. The number of nitrogens with one attached hydrogen (secondary N) is 1. The Hall–Kier alpha value is -1.69. The van der Waals surface area contributed by atoms with Crippen molar-refractivity contribution in [2.75, 3.05) is 12.3 Å². The van der Waals surface area contributed by atoms with Crippen molar-refractivity contribution in [2.24, 2.45) is 0 Å². The smallest absolute Gasteiger partial charge is 0.211 e. The van der Waals surface area contributed by atoms with Crippen molar-refractivity contribution < 1.29 is 13.5 Å². The van der Waals surface area contributed by atoms with Gasteiger partial charge in [0.15, 0.2) is 0 Å². The number of aliphatic hydroxyl groups is 1. The maximum atomic E-state index is 12.0. The van der Waals surface area contributed by atoms with Crippen LogP contribution in [0.5, 0.6) is 0 Å². The molecule has 2 N–H and O–H groups in total. The summed E-state index contributed by atoms with van der Waals surface area (Å²) in [7, 11) is -3.37. The SMILES string of the molecule is CCCS(=O)(=O)NC[C@@](C)(O)C(c1ccccc1)c1ccccc1. The van der Waals surface area contributed by atoms with Crippen LogP contribution in [0.15, 0.2) is 60.7 Å². The number of sulfonamides is 1. The lowest BCUT2D eigenvalue weighted by Gasteiger charge is -2.34. The number of rotatable bonds is 8. The van der Waals surface area contributed by atoms with Gasteiger partial charge in [-0.15, -0.1) is 0 Å². The highest BCUT2D eigenvalue weighted by molar-refractivity contribution is 7.89. The van der Waals surface area contributed by atoms with E-state index in [-0.39, 0.29) is 18.2 Å². The van der Waals surface area contributed by atoms with Gasteiger partial charge in [0.25, 0.3) is 0 Å². The van der Waals surface area contributed by atoms with Crippen molar-refractivity contribution in [3.63, 3.8) is 0 Å². The lowest BCUT2D eigenvalue weighted by molar-refractivity contribution is 0.0481. The largest absolute Gasteiger partial charge is 0.388 e. The summed E-state index contributed by atoms with van der Waals surface area (Å²) in [6.45, 7) is 3.45. The average molecular weight is 347 g/mol. The third kappa shape index (κ3) is 4.90. The fourth-order valence-corrected chi connectivity index (χ4v) is 4.09. The van der Waals surface area contributed by atoms with Crippen LogP contribution >= 0.6 is 0 Å². The summed E-state index contributed by atoms with van der Waals surface area (Å²) < 4.78 is 26.4. The predicted molar refractivity (Wildman–Crippen MR) is 97.4 cm³/mol. The number of hydrogen-bond acceptors (Lipinski definition) is 3. The molecule has 24 heavy (non-hydrogen) atoms. The fourth-order valence-electron chi connectivity index (χ4n) is 2.90. The lowest BCUT2D eigenvalue weighted by atomic mass is 9.78. The van der Waals surface area contributed by atoms with E-state index >= 15 is 0 Å². The Bertz CT molecular complexity index is 688. The van der Waals surface area contributed by atoms with Crippen molar-refractivity contribution in [1.29, 1.82) is 0 Å². The highest BCUT2D eigenvalue weighted by Gasteiger charge is 2.35. The molecule has 0 bridgehead atoms. The van der Waals surface area contributed by atoms with E-state index in [4.69, 9.17) is 0 Å². The topological polar surface area (TPSA) is 66.4 Å². The Morgan fingerprint density at radius 1 is 1.00 bits per heavy atom. The summed E-state index contributed by atoms with van der Waals surface area (Å²) in [4.78, 5) is 0. The van der Waals surface area contributed by atoms with Crippen LogP contribution in [0.2, 0.25) is 0 Å². The normalized spacial score (nSPS) is 14.5. The summed E-state index contributed by atoms with van der Waals surface area (Å²) in [5.74, 6) is -0.269. The molecule has 0 spiro atoms. The Balaban J connectivity index is 2.32. The molecule has 2 rings (SSSR count). The molecule has 0 aliphatic carbocycles. The number of benzene rings is 2. The molecular formula is C19H25NO3S. The zero-order valence-corrected chi connectivity index (χ0v) is 15.0. The van der Waals surface area contributed by atoms with E-state index in [9.17, 15) is 13.5 Å². The molecule has 0 amide bonds. The van der Waals surface area contributed by atoms with Gasteiger partial charge >= 0.3 is 0 Å². The van der Waals surface area contributed by atoms with E-state index in [0.29, 0.717) is 6.42 Å². The summed E-state index contributed by atoms with van der Waals surface area (Å²) in [5, 5.41) is 11.1.